The number of carbonyl (C=O) groups excluding carboxylic acids is 3. The van der Waals surface area contributed by atoms with Crippen molar-refractivity contribution in [3.05, 3.63) is 16.9 Å². The average molecular weight is 1010 g/mol. The zero-order chi connectivity index (χ0) is 51.8. The van der Waals surface area contributed by atoms with Gasteiger partial charge in [0, 0.05) is 24.9 Å². The zero-order valence-corrected chi connectivity index (χ0v) is 42.4. The lowest BCUT2D eigenvalue weighted by atomic mass is 9.33. The van der Waals surface area contributed by atoms with Crippen LogP contribution in [-0.2, 0) is 38.2 Å². The van der Waals surface area contributed by atoms with E-state index < -0.39 is 92.0 Å². The Kier molecular flexibility index (Phi) is 15.1. The maximum absolute atomic E-state index is 14.6. The highest BCUT2D eigenvalue weighted by atomic mass is 16.8. The second kappa shape index (κ2) is 19.8. The highest BCUT2D eigenvalue weighted by molar-refractivity contribution is 5.81. The minimum atomic E-state index is -1.73. The zero-order valence-electron chi connectivity index (χ0n) is 42.4. The molecule has 402 valence electrons. The number of nitrogens with zero attached hydrogens (tertiary/aromatic N) is 4. The molecule has 0 unspecified atom stereocenters. The van der Waals surface area contributed by atoms with Crippen molar-refractivity contribution < 1.29 is 84.0 Å². The molecular formula is C50H80N4O17. The maximum atomic E-state index is 14.6. The van der Waals surface area contributed by atoms with E-state index in [4.69, 9.17) is 23.8 Å². The molecule has 4 saturated carbocycles. The van der Waals surface area contributed by atoms with Crippen molar-refractivity contribution in [2.45, 2.75) is 193 Å². The van der Waals surface area contributed by atoms with Crippen molar-refractivity contribution in [2.75, 3.05) is 39.4 Å². The van der Waals surface area contributed by atoms with Crippen molar-refractivity contribution in [1.82, 2.24) is 9.91 Å². The number of aliphatic hydroxyl groups is 8. The van der Waals surface area contributed by atoms with E-state index in [9.17, 15) is 60.4 Å². The number of hydrogen-bond acceptors (Lipinski definition) is 18. The predicted octanol–water partition coefficient (Wildman–Crippen LogP) is 1.58. The van der Waals surface area contributed by atoms with Gasteiger partial charge in [0.15, 0.2) is 0 Å². The molecule has 0 aromatic carbocycles. The number of aliphatic hydroxyl groups excluding tert-OH is 8. The minimum Gasteiger partial charge on any atom is -0.569 e. The van der Waals surface area contributed by atoms with Gasteiger partial charge in [-0.2, -0.15) is 0 Å². The van der Waals surface area contributed by atoms with Gasteiger partial charge in [-0.15, -0.1) is 5.01 Å². The van der Waals surface area contributed by atoms with Gasteiger partial charge in [-0.05, 0) is 104 Å². The Morgan fingerprint density at radius 2 is 1.34 bits per heavy atom. The lowest BCUT2D eigenvalue weighted by Gasteiger charge is -2.71. The van der Waals surface area contributed by atoms with E-state index in [1.165, 1.54) is 10.6 Å². The quantitative estimate of drug-likeness (QED) is 0.0479. The van der Waals surface area contributed by atoms with Crippen molar-refractivity contribution >= 4 is 17.8 Å². The SMILES string of the molecule is CC1(C)CC[C@]2(C(=O)O[C@@H]3O[C@H](CO)[C@@H](O)[C@H](O)[C@H]3O)CC[C@]3(C)C(=CC[C@@H]4[C@@]5(C)CC[C@H](OC(=O)CCC(=O)N6CCN(/[N+]([O-])=N/O[C@@H]7O[C@H](CO)[C@@H](O)[C@H](O)[C@H]7O)CC6)C(C)(C)[C@@H]5CC[C@]43C)[C@@H]2C1. The smallest absolute Gasteiger partial charge is 0.315 e. The standard InChI is InChI=1S/C50H80N4O17/c1-45(2)16-18-50(44(65)70-42-40(63)38(61)36(59)29(25-55)67-42)19-17-48(6)27(28(50)24-45)8-9-32-47(5)14-13-33(46(3,4)31(47)12-15-49(32,48)7)69-35(58)11-10-34(57)52-20-22-53(23-21-52)54(66)51-71-43-41(64)39(62)37(60)30(26-56)68-43/h8,28-33,36-43,55-56,59-64H,9-26H2,1-7H3/b54-51-/t28-,29+,30+,31-,32+,33-,36+,37+,38-,39-,40+,41+,42-,43-,47-,48+,49+,50-/m0/s1. The Hall–Kier alpha value is -3.25. The van der Waals surface area contributed by atoms with Gasteiger partial charge in [0.1, 0.15) is 54.9 Å². The number of hydrazine groups is 1. The number of rotatable bonds is 11. The predicted molar refractivity (Wildman–Crippen MR) is 247 cm³/mol. The van der Waals surface area contributed by atoms with E-state index in [1.807, 2.05) is 0 Å². The number of esters is 2. The van der Waals surface area contributed by atoms with Gasteiger partial charge < -0.3 is 74.7 Å². The molecule has 0 radical (unpaired) electrons. The van der Waals surface area contributed by atoms with Crippen LogP contribution in [0.1, 0.15) is 126 Å². The summed E-state index contributed by atoms with van der Waals surface area (Å²) in [6, 6.07) is 0. The number of hydrogen-bond donors (Lipinski definition) is 8. The van der Waals surface area contributed by atoms with Crippen LogP contribution in [0.5, 0.6) is 0 Å². The number of allylic oxidation sites excluding steroid dienone is 2. The summed E-state index contributed by atoms with van der Waals surface area (Å²) >= 11 is 0. The molecule has 0 spiro atoms. The van der Waals surface area contributed by atoms with E-state index in [0.717, 1.165) is 44.9 Å². The van der Waals surface area contributed by atoms with Gasteiger partial charge in [-0.1, -0.05) is 60.1 Å². The second-order valence-electron chi connectivity index (χ2n) is 24.3. The first-order chi connectivity index (χ1) is 33.3. The van der Waals surface area contributed by atoms with E-state index in [2.05, 4.69) is 59.8 Å². The van der Waals surface area contributed by atoms with Crippen LogP contribution in [0.15, 0.2) is 16.9 Å². The number of amides is 1. The van der Waals surface area contributed by atoms with Crippen LogP contribution < -0.4 is 0 Å². The van der Waals surface area contributed by atoms with Crippen molar-refractivity contribution in [3.8, 4) is 0 Å². The summed E-state index contributed by atoms with van der Waals surface area (Å²) in [7, 11) is 0. The molecule has 8 aliphatic rings. The minimum absolute atomic E-state index is 0.0403. The van der Waals surface area contributed by atoms with E-state index in [1.54, 1.807) is 4.90 Å². The first-order valence-corrected chi connectivity index (χ1v) is 25.9. The second-order valence-corrected chi connectivity index (χ2v) is 24.3. The summed E-state index contributed by atoms with van der Waals surface area (Å²) < 4.78 is 23.1. The molecule has 8 rings (SSSR count). The first-order valence-electron chi connectivity index (χ1n) is 25.9. The van der Waals surface area contributed by atoms with Gasteiger partial charge in [-0.3, -0.25) is 14.4 Å². The fraction of sp³-hybridized carbons (Fsp3) is 0.900. The topological polar surface area (TPSA) is 304 Å². The first kappa shape index (κ1) is 54.0. The number of ether oxygens (including phenoxy) is 4. The molecule has 3 saturated heterocycles. The molecule has 1 amide bonds. The van der Waals surface area contributed by atoms with Crippen LogP contribution in [0, 0.1) is 55.5 Å². The van der Waals surface area contributed by atoms with Crippen LogP contribution in [0.2, 0.25) is 0 Å². The molecular weight excluding hydrogens is 929 g/mol. The summed E-state index contributed by atoms with van der Waals surface area (Å²) in [4.78, 5) is 48.2. The van der Waals surface area contributed by atoms with E-state index in [0.29, 0.717) is 25.2 Å². The van der Waals surface area contributed by atoms with Gasteiger partial charge in [0.2, 0.25) is 17.5 Å². The molecule has 18 atom stereocenters. The molecule has 0 aromatic heterocycles. The molecule has 8 N–H and O–H groups in total. The molecule has 7 fully saturated rings. The van der Waals surface area contributed by atoms with Gasteiger partial charge in [-0.25, -0.2) is 0 Å². The van der Waals surface area contributed by atoms with Gasteiger partial charge in [0.05, 0.1) is 43.1 Å². The monoisotopic (exact) mass is 1010 g/mol. The number of fused-ring (bicyclic) bond motifs is 7. The Morgan fingerprint density at radius 3 is 1.97 bits per heavy atom. The van der Waals surface area contributed by atoms with Gasteiger partial charge in [0.25, 0.3) is 6.29 Å². The van der Waals surface area contributed by atoms with E-state index in [-0.39, 0.29) is 94.9 Å². The highest BCUT2D eigenvalue weighted by Crippen LogP contribution is 2.76. The third-order valence-corrected chi connectivity index (χ3v) is 19.8. The maximum Gasteiger partial charge on any atom is 0.315 e. The molecule has 0 bridgehead atoms. The fourth-order valence-corrected chi connectivity index (χ4v) is 15.2. The summed E-state index contributed by atoms with van der Waals surface area (Å²) in [5, 5.41) is 98.3. The lowest BCUT2D eigenvalue weighted by Crippen LogP contribution is -2.65. The van der Waals surface area contributed by atoms with Crippen LogP contribution in [0.4, 0.5) is 0 Å². The highest BCUT2D eigenvalue weighted by Gasteiger charge is 2.70. The summed E-state index contributed by atoms with van der Waals surface area (Å²) in [5.41, 5.74) is -0.373. The Balaban J connectivity index is 0.879. The Bertz CT molecular complexity index is 2050. The summed E-state index contributed by atoms with van der Waals surface area (Å²) in [6.45, 7) is 15.5. The summed E-state index contributed by atoms with van der Waals surface area (Å²) in [5.74, 6) is -0.712. The number of piperazine rings is 1. The largest absolute Gasteiger partial charge is 0.569 e. The molecule has 21 heteroatoms. The number of carbonyl (C=O) groups is 3. The van der Waals surface area contributed by atoms with E-state index >= 15 is 0 Å². The third-order valence-electron chi connectivity index (χ3n) is 19.8. The lowest BCUT2D eigenvalue weighted by molar-refractivity contribution is -0.715. The van der Waals surface area contributed by atoms with Gasteiger partial charge >= 0.3 is 11.9 Å². The normalized spacial score (nSPS) is 45.2. The Morgan fingerprint density at radius 1 is 0.732 bits per heavy atom. The molecule has 21 nitrogen and oxygen atoms in total. The van der Waals surface area contributed by atoms with Crippen molar-refractivity contribution in [3.63, 3.8) is 0 Å². The molecule has 71 heavy (non-hydrogen) atoms. The van der Waals surface area contributed by atoms with Crippen LogP contribution in [0.25, 0.3) is 0 Å². The molecule has 3 heterocycles. The van der Waals surface area contributed by atoms with Crippen molar-refractivity contribution in [2.24, 2.45) is 55.5 Å². The Labute approximate surface area is 415 Å². The van der Waals surface area contributed by atoms with Crippen molar-refractivity contribution in [1.29, 1.82) is 0 Å². The molecule has 3 aliphatic heterocycles. The van der Waals surface area contributed by atoms with Crippen LogP contribution in [0.3, 0.4) is 0 Å². The molecule has 0 aromatic rings. The third kappa shape index (κ3) is 9.27. The average Bonchev–Trinajstić information content (AvgIpc) is 3.33. The van der Waals surface area contributed by atoms with Crippen LogP contribution in [-0.4, -0.2) is 180 Å². The summed E-state index contributed by atoms with van der Waals surface area (Å²) in [6.07, 6.45) is -5.72. The fourth-order valence-electron chi connectivity index (χ4n) is 15.2. The molecule has 5 aliphatic carbocycles. The van der Waals surface area contributed by atoms with Crippen LogP contribution >= 0.6 is 0 Å².